The van der Waals surface area contributed by atoms with E-state index in [0.29, 0.717) is 19.0 Å². The Morgan fingerprint density at radius 3 is 2.91 bits per heavy atom. The lowest BCUT2D eigenvalue weighted by Crippen LogP contribution is -2.41. The van der Waals surface area contributed by atoms with Crippen molar-refractivity contribution >= 4 is 11.8 Å². The van der Waals surface area contributed by atoms with Crippen molar-refractivity contribution in [3.63, 3.8) is 0 Å². The maximum atomic E-state index is 12.1. The highest BCUT2D eigenvalue weighted by atomic mass is 16.3. The minimum Gasteiger partial charge on any atom is -0.391 e. The number of urea groups is 1. The largest absolute Gasteiger partial charge is 0.391 e. The zero-order chi connectivity index (χ0) is 16.2. The van der Waals surface area contributed by atoms with Crippen molar-refractivity contribution < 1.29 is 9.90 Å². The molecule has 2 heterocycles. The van der Waals surface area contributed by atoms with Gasteiger partial charge in [-0.15, -0.1) is 0 Å². The predicted molar refractivity (Wildman–Crippen MR) is 89.3 cm³/mol. The third-order valence-electron chi connectivity index (χ3n) is 4.66. The number of aromatic nitrogens is 1. The van der Waals surface area contributed by atoms with Gasteiger partial charge < -0.3 is 20.2 Å². The van der Waals surface area contributed by atoms with E-state index in [1.807, 2.05) is 12.1 Å². The molecule has 23 heavy (non-hydrogen) atoms. The number of hydrogen-bond donors (Lipinski definition) is 2. The number of hydrogen-bond acceptors (Lipinski definition) is 4. The first-order valence-corrected chi connectivity index (χ1v) is 8.50. The van der Waals surface area contributed by atoms with Gasteiger partial charge in [0.15, 0.2) is 0 Å². The smallest absolute Gasteiger partial charge is 0.317 e. The number of likely N-dealkylation sites (N-methyl/N-ethyl adjacent to an activating group) is 1. The summed E-state index contributed by atoms with van der Waals surface area (Å²) in [6, 6.07) is 3.83. The zero-order valence-electron chi connectivity index (χ0n) is 13.7. The molecule has 1 saturated heterocycles. The molecule has 0 spiro atoms. The van der Waals surface area contributed by atoms with Crippen LogP contribution in [0.4, 0.5) is 10.6 Å². The molecule has 2 fully saturated rings. The van der Waals surface area contributed by atoms with Gasteiger partial charge in [0.05, 0.1) is 6.10 Å². The van der Waals surface area contributed by atoms with Crippen LogP contribution in [0.2, 0.25) is 0 Å². The molecule has 1 aliphatic carbocycles. The monoisotopic (exact) mass is 318 g/mol. The van der Waals surface area contributed by atoms with E-state index in [2.05, 4.69) is 15.2 Å². The molecule has 1 aromatic heterocycles. The Kier molecular flexibility index (Phi) is 5.00. The van der Waals surface area contributed by atoms with Crippen LogP contribution in [-0.4, -0.2) is 53.8 Å². The maximum Gasteiger partial charge on any atom is 0.317 e. The number of carbonyl (C=O) groups is 1. The van der Waals surface area contributed by atoms with E-state index in [0.717, 1.165) is 37.3 Å². The summed E-state index contributed by atoms with van der Waals surface area (Å²) in [5, 5.41) is 12.8. The van der Waals surface area contributed by atoms with Gasteiger partial charge in [0.25, 0.3) is 0 Å². The molecular formula is C17H26N4O2. The lowest BCUT2D eigenvalue weighted by molar-refractivity contribution is 0.113. The topological polar surface area (TPSA) is 68.7 Å². The second-order valence-corrected chi connectivity index (χ2v) is 6.66. The molecule has 1 unspecified atom stereocenters. The number of nitrogens with one attached hydrogen (secondary N) is 1. The highest BCUT2D eigenvalue weighted by molar-refractivity contribution is 5.73. The Bertz CT molecular complexity index is 541. The molecule has 6 nitrogen and oxygen atoms in total. The number of rotatable bonds is 6. The summed E-state index contributed by atoms with van der Waals surface area (Å²) in [6.07, 6.45) is 6.00. The maximum absolute atomic E-state index is 12.1. The lowest BCUT2D eigenvalue weighted by Gasteiger charge is -2.21. The molecule has 1 aliphatic heterocycles. The summed E-state index contributed by atoms with van der Waals surface area (Å²) in [7, 11) is 1.73. The van der Waals surface area contributed by atoms with Gasteiger partial charge in [0.1, 0.15) is 5.82 Å². The molecular weight excluding hydrogens is 292 g/mol. The van der Waals surface area contributed by atoms with Crippen LogP contribution >= 0.6 is 0 Å². The summed E-state index contributed by atoms with van der Waals surface area (Å²) in [5.74, 6) is 1.38. The molecule has 2 N–H and O–H groups in total. The van der Waals surface area contributed by atoms with E-state index < -0.39 is 6.10 Å². The van der Waals surface area contributed by atoms with Crippen LogP contribution in [0.1, 0.15) is 31.2 Å². The van der Waals surface area contributed by atoms with E-state index >= 15 is 0 Å². The fourth-order valence-corrected chi connectivity index (χ4v) is 3.00. The number of aliphatic hydroxyl groups excluding tert-OH is 1. The van der Waals surface area contributed by atoms with E-state index in [1.54, 1.807) is 18.1 Å². The van der Waals surface area contributed by atoms with Crippen molar-refractivity contribution in [2.24, 2.45) is 5.92 Å². The molecule has 6 heteroatoms. The third-order valence-corrected chi connectivity index (χ3v) is 4.66. The molecule has 3 rings (SSSR count). The second kappa shape index (κ2) is 7.17. The lowest BCUT2D eigenvalue weighted by atomic mass is 10.2. The van der Waals surface area contributed by atoms with Crippen molar-refractivity contribution in [3.8, 4) is 0 Å². The normalized spacial score (nSPS) is 18.8. The van der Waals surface area contributed by atoms with E-state index in [9.17, 15) is 9.90 Å². The van der Waals surface area contributed by atoms with Crippen molar-refractivity contribution in [1.82, 2.24) is 15.2 Å². The van der Waals surface area contributed by atoms with Crippen LogP contribution in [0.5, 0.6) is 0 Å². The standard InChI is InChI=1S/C17H26N4O2/c1-20(12-15(22)14-4-5-14)17(23)19-11-13-6-7-18-16(10-13)21-8-2-3-9-21/h6-7,10,14-15,22H,2-5,8-9,11-12H2,1H3,(H,19,23). The first-order chi connectivity index (χ1) is 11.1. The van der Waals surface area contributed by atoms with Gasteiger partial charge in [-0.2, -0.15) is 0 Å². The Labute approximate surface area is 137 Å². The van der Waals surface area contributed by atoms with Crippen molar-refractivity contribution in [2.45, 2.75) is 38.3 Å². The minimum absolute atomic E-state index is 0.149. The number of amides is 2. The highest BCUT2D eigenvalue weighted by Crippen LogP contribution is 2.32. The summed E-state index contributed by atoms with van der Waals surface area (Å²) in [5.41, 5.74) is 1.05. The molecule has 0 aromatic carbocycles. The summed E-state index contributed by atoms with van der Waals surface area (Å²) >= 11 is 0. The molecule has 1 atom stereocenters. The average molecular weight is 318 g/mol. The van der Waals surface area contributed by atoms with Gasteiger partial charge in [-0.25, -0.2) is 9.78 Å². The van der Waals surface area contributed by atoms with E-state index in [1.165, 1.54) is 12.8 Å². The highest BCUT2D eigenvalue weighted by Gasteiger charge is 2.31. The van der Waals surface area contributed by atoms with Gasteiger partial charge in [-0.05, 0) is 49.3 Å². The number of pyridine rings is 1. The molecule has 0 bridgehead atoms. The van der Waals surface area contributed by atoms with Crippen LogP contribution in [0.15, 0.2) is 18.3 Å². The van der Waals surface area contributed by atoms with Crippen LogP contribution in [0, 0.1) is 5.92 Å². The van der Waals surface area contributed by atoms with Crippen LogP contribution in [-0.2, 0) is 6.54 Å². The molecule has 0 radical (unpaired) electrons. The van der Waals surface area contributed by atoms with Crippen molar-refractivity contribution in [1.29, 1.82) is 0 Å². The molecule has 2 amide bonds. The molecule has 126 valence electrons. The van der Waals surface area contributed by atoms with Crippen LogP contribution in [0.25, 0.3) is 0 Å². The average Bonchev–Trinajstić information content (AvgIpc) is 3.27. The zero-order valence-corrected chi connectivity index (χ0v) is 13.7. The fraction of sp³-hybridized carbons (Fsp3) is 0.647. The molecule has 2 aliphatic rings. The first-order valence-electron chi connectivity index (χ1n) is 8.50. The summed E-state index contributed by atoms with van der Waals surface area (Å²) in [4.78, 5) is 20.4. The molecule has 1 saturated carbocycles. The SMILES string of the molecule is CN(CC(O)C1CC1)C(=O)NCc1ccnc(N2CCCC2)c1. The summed E-state index contributed by atoms with van der Waals surface area (Å²) in [6.45, 7) is 2.99. The Morgan fingerprint density at radius 1 is 1.48 bits per heavy atom. The number of nitrogens with zero attached hydrogens (tertiary/aromatic N) is 3. The predicted octanol–water partition coefficient (Wildman–Crippen LogP) is 1.59. The number of anilines is 1. The Balaban J connectivity index is 1.48. The van der Waals surface area contributed by atoms with Crippen molar-refractivity contribution in [2.75, 3.05) is 31.6 Å². The molecule has 1 aromatic rings. The van der Waals surface area contributed by atoms with Gasteiger partial charge in [0, 0.05) is 39.4 Å². The summed E-state index contributed by atoms with van der Waals surface area (Å²) < 4.78 is 0. The van der Waals surface area contributed by atoms with Gasteiger partial charge in [-0.1, -0.05) is 0 Å². The van der Waals surface area contributed by atoms with Gasteiger partial charge in [-0.3, -0.25) is 0 Å². The Morgan fingerprint density at radius 2 is 2.22 bits per heavy atom. The van der Waals surface area contributed by atoms with Gasteiger partial charge in [0.2, 0.25) is 0 Å². The van der Waals surface area contributed by atoms with E-state index in [4.69, 9.17) is 0 Å². The van der Waals surface area contributed by atoms with Crippen LogP contribution in [0.3, 0.4) is 0 Å². The minimum atomic E-state index is -0.395. The number of aliphatic hydroxyl groups is 1. The second-order valence-electron chi connectivity index (χ2n) is 6.66. The fourth-order valence-electron chi connectivity index (χ4n) is 3.00. The van der Waals surface area contributed by atoms with Crippen LogP contribution < -0.4 is 10.2 Å². The first kappa shape index (κ1) is 16.1. The quantitative estimate of drug-likeness (QED) is 0.836. The van der Waals surface area contributed by atoms with Gasteiger partial charge >= 0.3 is 6.03 Å². The number of carbonyl (C=O) groups excluding carboxylic acids is 1. The van der Waals surface area contributed by atoms with E-state index in [-0.39, 0.29) is 6.03 Å². The van der Waals surface area contributed by atoms with Crippen molar-refractivity contribution in [3.05, 3.63) is 23.9 Å². The Hall–Kier alpha value is -1.82. The third kappa shape index (κ3) is 4.34.